The second-order valence-corrected chi connectivity index (χ2v) is 7.32. The molecule has 2 heterocycles. The molecule has 1 aliphatic rings. The number of aliphatic hydroxyl groups excluding tert-OH is 1. The van der Waals surface area contributed by atoms with Gasteiger partial charge in [-0.2, -0.15) is 4.98 Å². The van der Waals surface area contributed by atoms with Crippen molar-refractivity contribution in [3.63, 3.8) is 0 Å². The highest BCUT2D eigenvalue weighted by molar-refractivity contribution is 5.50. The molecule has 0 aliphatic carbocycles. The van der Waals surface area contributed by atoms with Crippen LogP contribution in [0.25, 0.3) is 0 Å². The Balaban J connectivity index is 1.93. The van der Waals surface area contributed by atoms with Crippen molar-refractivity contribution in [1.82, 2.24) is 9.97 Å². The Kier molecular flexibility index (Phi) is 4.45. The third-order valence-electron chi connectivity index (χ3n) is 4.51. The van der Waals surface area contributed by atoms with Crippen LogP contribution < -0.4 is 10.2 Å². The predicted octanol–water partition coefficient (Wildman–Crippen LogP) is 2.88. The first-order chi connectivity index (χ1) is 11.4. The Labute approximate surface area is 143 Å². The second kappa shape index (κ2) is 6.40. The van der Waals surface area contributed by atoms with Crippen LogP contribution in [0, 0.1) is 6.92 Å². The molecular weight excluding hydrogens is 300 g/mol. The minimum atomic E-state index is -0.0711. The molecule has 2 N–H and O–H groups in total. The van der Waals surface area contributed by atoms with Crippen LogP contribution in [0.2, 0.25) is 0 Å². The number of fused-ring (bicyclic) bond motifs is 1. The summed E-state index contributed by atoms with van der Waals surface area (Å²) in [6.45, 7) is 10.3. The van der Waals surface area contributed by atoms with E-state index in [0.29, 0.717) is 5.95 Å². The van der Waals surface area contributed by atoms with Crippen LogP contribution in [-0.2, 0) is 12.0 Å². The van der Waals surface area contributed by atoms with E-state index in [0.717, 1.165) is 24.6 Å². The quantitative estimate of drug-likeness (QED) is 0.905. The van der Waals surface area contributed by atoms with Crippen LogP contribution in [0.15, 0.2) is 30.3 Å². The van der Waals surface area contributed by atoms with Gasteiger partial charge in [0.1, 0.15) is 5.82 Å². The topological polar surface area (TPSA) is 61.3 Å². The van der Waals surface area contributed by atoms with Crippen molar-refractivity contribution in [2.75, 3.05) is 23.4 Å². The van der Waals surface area contributed by atoms with Crippen LogP contribution in [0.1, 0.15) is 37.6 Å². The van der Waals surface area contributed by atoms with Gasteiger partial charge in [0.15, 0.2) is 0 Å². The Morgan fingerprint density at radius 2 is 2.04 bits per heavy atom. The van der Waals surface area contributed by atoms with Crippen LogP contribution in [0.4, 0.5) is 11.8 Å². The van der Waals surface area contributed by atoms with E-state index in [4.69, 9.17) is 0 Å². The number of anilines is 2. The number of rotatable bonds is 4. The fraction of sp³-hybridized carbons (Fsp3) is 0.474. The number of aliphatic hydroxyl groups is 1. The van der Waals surface area contributed by atoms with E-state index in [1.807, 2.05) is 19.9 Å². The van der Waals surface area contributed by atoms with Gasteiger partial charge in [-0.25, -0.2) is 4.98 Å². The fourth-order valence-corrected chi connectivity index (χ4v) is 3.35. The lowest BCUT2D eigenvalue weighted by Gasteiger charge is -2.40. The Morgan fingerprint density at radius 3 is 2.79 bits per heavy atom. The van der Waals surface area contributed by atoms with Gasteiger partial charge in [-0.3, -0.25) is 0 Å². The average Bonchev–Trinajstić information content (AvgIpc) is 2.53. The maximum absolute atomic E-state index is 9.23. The second-order valence-electron chi connectivity index (χ2n) is 7.32. The third-order valence-corrected chi connectivity index (χ3v) is 4.51. The molecule has 0 unspecified atom stereocenters. The molecule has 1 aliphatic heterocycles. The van der Waals surface area contributed by atoms with E-state index < -0.39 is 0 Å². The Bertz CT molecular complexity index is 729. The van der Waals surface area contributed by atoms with Crippen molar-refractivity contribution < 1.29 is 5.11 Å². The van der Waals surface area contributed by atoms with Gasteiger partial charge in [0, 0.05) is 36.3 Å². The largest absolute Gasteiger partial charge is 0.394 e. The average molecular weight is 326 g/mol. The first-order valence-corrected chi connectivity index (χ1v) is 8.45. The summed E-state index contributed by atoms with van der Waals surface area (Å²) in [6, 6.07) is 10.6. The molecule has 0 spiro atoms. The summed E-state index contributed by atoms with van der Waals surface area (Å²) in [7, 11) is 0. The van der Waals surface area contributed by atoms with Gasteiger partial charge in [-0.05, 0) is 25.0 Å². The summed E-state index contributed by atoms with van der Waals surface area (Å²) in [5.41, 5.74) is 3.76. The Morgan fingerprint density at radius 1 is 1.29 bits per heavy atom. The SMILES string of the molecule is Cc1cc(N2Cc3ccccc3C(C)(C)C2)nc(N[C@H](C)CO)n1. The maximum Gasteiger partial charge on any atom is 0.225 e. The number of hydrogen-bond acceptors (Lipinski definition) is 5. The minimum absolute atomic E-state index is 0.0523. The molecule has 24 heavy (non-hydrogen) atoms. The van der Waals surface area contributed by atoms with E-state index in [-0.39, 0.29) is 18.1 Å². The zero-order valence-electron chi connectivity index (χ0n) is 14.9. The molecule has 5 nitrogen and oxygen atoms in total. The number of nitrogens with one attached hydrogen (secondary N) is 1. The third kappa shape index (κ3) is 3.36. The number of aromatic nitrogens is 2. The molecule has 0 bridgehead atoms. The van der Waals surface area contributed by atoms with Crippen molar-refractivity contribution in [3.05, 3.63) is 47.2 Å². The van der Waals surface area contributed by atoms with E-state index in [2.05, 4.69) is 58.3 Å². The molecule has 1 aromatic heterocycles. The lowest BCUT2D eigenvalue weighted by Crippen LogP contribution is -2.42. The van der Waals surface area contributed by atoms with Gasteiger partial charge >= 0.3 is 0 Å². The summed E-state index contributed by atoms with van der Waals surface area (Å²) in [6.07, 6.45) is 0. The molecule has 0 saturated carbocycles. The molecule has 1 aromatic carbocycles. The van der Waals surface area contributed by atoms with Gasteiger partial charge in [0.2, 0.25) is 5.95 Å². The van der Waals surface area contributed by atoms with Crippen LogP contribution >= 0.6 is 0 Å². The molecule has 1 atom stereocenters. The van der Waals surface area contributed by atoms with E-state index in [9.17, 15) is 5.11 Å². The van der Waals surface area contributed by atoms with Gasteiger partial charge in [0.05, 0.1) is 6.61 Å². The normalized spacial score (nSPS) is 17.3. The molecule has 0 fully saturated rings. The molecule has 0 radical (unpaired) electrons. The lowest BCUT2D eigenvalue weighted by atomic mass is 9.78. The number of hydrogen-bond donors (Lipinski definition) is 2. The van der Waals surface area contributed by atoms with Crippen molar-refractivity contribution in [2.45, 2.75) is 45.7 Å². The standard InChI is InChI=1S/C19H26N4O/c1-13-9-17(22-18(20-13)21-14(2)11-24)23-10-15-7-5-6-8-16(15)19(3,4)12-23/h5-9,14,24H,10-12H2,1-4H3,(H,20,21,22)/t14-/m1/s1. The van der Waals surface area contributed by atoms with Crippen molar-refractivity contribution in [2.24, 2.45) is 0 Å². The Hall–Kier alpha value is -2.14. The molecule has 3 rings (SSSR count). The highest BCUT2D eigenvalue weighted by atomic mass is 16.3. The van der Waals surface area contributed by atoms with E-state index in [1.165, 1.54) is 11.1 Å². The zero-order valence-corrected chi connectivity index (χ0v) is 14.9. The van der Waals surface area contributed by atoms with Gasteiger partial charge in [-0.1, -0.05) is 38.1 Å². The summed E-state index contributed by atoms with van der Waals surface area (Å²) < 4.78 is 0. The predicted molar refractivity (Wildman–Crippen MR) is 97.5 cm³/mol. The van der Waals surface area contributed by atoms with Crippen molar-refractivity contribution in [3.8, 4) is 0 Å². The molecule has 0 saturated heterocycles. The highest BCUT2D eigenvalue weighted by Crippen LogP contribution is 2.35. The maximum atomic E-state index is 9.23. The number of aryl methyl sites for hydroxylation is 1. The first kappa shape index (κ1) is 16.7. The van der Waals surface area contributed by atoms with Crippen LogP contribution in [-0.4, -0.2) is 34.3 Å². The smallest absolute Gasteiger partial charge is 0.225 e. The van der Waals surface area contributed by atoms with Gasteiger partial charge in [-0.15, -0.1) is 0 Å². The monoisotopic (exact) mass is 326 g/mol. The van der Waals surface area contributed by atoms with E-state index in [1.54, 1.807) is 0 Å². The van der Waals surface area contributed by atoms with Crippen LogP contribution in [0.5, 0.6) is 0 Å². The van der Waals surface area contributed by atoms with Crippen molar-refractivity contribution >= 4 is 11.8 Å². The molecule has 128 valence electrons. The molecule has 2 aromatic rings. The summed E-state index contributed by atoms with van der Waals surface area (Å²) >= 11 is 0. The number of nitrogens with zero attached hydrogens (tertiary/aromatic N) is 3. The van der Waals surface area contributed by atoms with Gasteiger partial charge < -0.3 is 15.3 Å². The molecule has 0 amide bonds. The summed E-state index contributed by atoms with van der Waals surface area (Å²) in [4.78, 5) is 11.4. The minimum Gasteiger partial charge on any atom is -0.394 e. The molecule has 5 heteroatoms. The fourth-order valence-electron chi connectivity index (χ4n) is 3.35. The van der Waals surface area contributed by atoms with Crippen molar-refractivity contribution in [1.29, 1.82) is 0 Å². The summed E-state index contributed by atoms with van der Waals surface area (Å²) in [5, 5.41) is 12.4. The number of benzene rings is 1. The van der Waals surface area contributed by atoms with Crippen LogP contribution in [0.3, 0.4) is 0 Å². The summed E-state index contributed by atoms with van der Waals surface area (Å²) in [5.74, 6) is 1.50. The lowest BCUT2D eigenvalue weighted by molar-refractivity contribution is 0.281. The highest BCUT2D eigenvalue weighted by Gasteiger charge is 2.32. The zero-order chi connectivity index (χ0) is 17.3. The van der Waals surface area contributed by atoms with Gasteiger partial charge in [0.25, 0.3) is 0 Å². The van der Waals surface area contributed by atoms with E-state index >= 15 is 0 Å². The first-order valence-electron chi connectivity index (χ1n) is 8.45. The molecular formula is C19H26N4O.